The Morgan fingerprint density at radius 1 is 1.17 bits per heavy atom. The summed E-state index contributed by atoms with van der Waals surface area (Å²) in [5.74, 6) is -0.211. The Morgan fingerprint density at radius 2 is 1.88 bits per heavy atom. The van der Waals surface area contributed by atoms with E-state index in [2.05, 4.69) is 5.32 Å². The van der Waals surface area contributed by atoms with Crippen molar-refractivity contribution in [2.24, 2.45) is 0 Å². The van der Waals surface area contributed by atoms with Gasteiger partial charge in [-0.2, -0.15) is 0 Å². The van der Waals surface area contributed by atoms with E-state index in [4.69, 9.17) is 4.42 Å². The van der Waals surface area contributed by atoms with Gasteiger partial charge < -0.3 is 14.6 Å². The molecule has 6 heteroatoms. The van der Waals surface area contributed by atoms with Crippen LogP contribution < -0.4 is 5.32 Å². The van der Waals surface area contributed by atoms with Gasteiger partial charge in [0.25, 0.3) is 5.91 Å². The number of hydrogen-bond donors (Lipinski definition) is 1. The van der Waals surface area contributed by atoms with E-state index in [9.17, 15) is 14.0 Å². The molecular formula is C18H19FN2O3. The summed E-state index contributed by atoms with van der Waals surface area (Å²) < 4.78 is 18.0. The second-order valence-electron chi connectivity index (χ2n) is 5.91. The van der Waals surface area contributed by atoms with Gasteiger partial charge in [0.2, 0.25) is 5.91 Å². The number of halogens is 1. The highest BCUT2D eigenvalue weighted by molar-refractivity contribution is 5.91. The van der Waals surface area contributed by atoms with Gasteiger partial charge in [-0.15, -0.1) is 0 Å². The lowest BCUT2D eigenvalue weighted by atomic mass is 10.0. The van der Waals surface area contributed by atoms with E-state index in [0.717, 1.165) is 5.56 Å². The molecule has 2 heterocycles. The number of amides is 2. The Kier molecular flexibility index (Phi) is 4.93. The molecule has 5 nitrogen and oxygen atoms in total. The van der Waals surface area contributed by atoms with Crippen LogP contribution in [0.5, 0.6) is 0 Å². The molecule has 1 aromatic heterocycles. The number of furan rings is 1. The SMILES string of the molecule is O=C(NC1CCN(C(=O)Cc2ccc(F)cc2)CC1)c1ccco1. The van der Waals surface area contributed by atoms with Crippen LogP contribution in [0.25, 0.3) is 0 Å². The molecule has 0 radical (unpaired) electrons. The molecule has 0 aliphatic carbocycles. The van der Waals surface area contributed by atoms with Crippen LogP contribution in [0, 0.1) is 5.82 Å². The highest BCUT2D eigenvalue weighted by Crippen LogP contribution is 2.14. The van der Waals surface area contributed by atoms with E-state index in [0.29, 0.717) is 31.7 Å². The zero-order valence-corrected chi connectivity index (χ0v) is 13.2. The first-order valence-electron chi connectivity index (χ1n) is 7.98. The van der Waals surface area contributed by atoms with E-state index < -0.39 is 0 Å². The van der Waals surface area contributed by atoms with Gasteiger partial charge in [0.15, 0.2) is 5.76 Å². The molecule has 0 saturated carbocycles. The third-order valence-electron chi connectivity index (χ3n) is 4.20. The fourth-order valence-corrected chi connectivity index (χ4v) is 2.83. The van der Waals surface area contributed by atoms with Crippen molar-refractivity contribution in [1.82, 2.24) is 10.2 Å². The molecule has 1 aliphatic heterocycles. The molecule has 1 aliphatic rings. The Hall–Kier alpha value is -2.63. The first-order valence-corrected chi connectivity index (χ1v) is 7.98. The van der Waals surface area contributed by atoms with Gasteiger partial charge in [0, 0.05) is 19.1 Å². The lowest BCUT2D eigenvalue weighted by Gasteiger charge is -2.32. The molecule has 1 N–H and O–H groups in total. The Morgan fingerprint density at radius 3 is 2.50 bits per heavy atom. The zero-order valence-electron chi connectivity index (χ0n) is 13.2. The predicted molar refractivity (Wildman–Crippen MR) is 85.9 cm³/mol. The summed E-state index contributed by atoms with van der Waals surface area (Å²) in [6.07, 6.45) is 3.15. The maximum atomic E-state index is 12.9. The number of rotatable bonds is 4. The minimum Gasteiger partial charge on any atom is -0.459 e. The average Bonchev–Trinajstić information content (AvgIpc) is 3.12. The summed E-state index contributed by atoms with van der Waals surface area (Å²) in [5.41, 5.74) is 0.801. The molecule has 126 valence electrons. The first kappa shape index (κ1) is 16.2. The normalized spacial score (nSPS) is 15.3. The molecule has 0 spiro atoms. The molecule has 0 unspecified atom stereocenters. The number of nitrogens with zero attached hydrogens (tertiary/aromatic N) is 1. The minimum atomic E-state index is -0.306. The second kappa shape index (κ2) is 7.29. The van der Waals surface area contributed by atoms with E-state index in [1.807, 2.05) is 0 Å². The fraction of sp³-hybridized carbons (Fsp3) is 0.333. The van der Waals surface area contributed by atoms with Crippen LogP contribution in [0.2, 0.25) is 0 Å². The number of piperidine rings is 1. The first-order chi connectivity index (χ1) is 11.6. The summed E-state index contributed by atoms with van der Waals surface area (Å²) >= 11 is 0. The van der Waals surface area contributed by atoms with Crippen molar-refractivity contribution in [2.45, 2.75) is 25.3 Å². The highest BCUT2D eigenvalue weighted by Gasteiger charge is 2.24. The average molecular weight is 330 g/mol. The summed E-state index contributed by atoms with van der Waals surface area (Å²) in [7, 11) is 0. The van der Waals surface area contributed by atoms with Crippen LogP contribution in [-0.4, -0.2) is 35.8 Å². The molecule has 0 bridgehead atoms. The van der Waals surface area contributed by atoms with Gasteiger partial charge in [-0.3, -0.25) is 9.59 Å². The van der Waals surface area contributed by atoms with Gasteiger partial charge in [-0.05, 0) is 42.7 Å². The number of carbonyl (C=O) groups excluding carboxylic acids is 2. The molecule has 2 aromatic rings. The fourth-order valence-electron chi connectivity index (χ4n) is 2.83. The smallest absolute Gasteiger partial charge is 0.287 e. The van der Waals surface area contributed by atoms with Gasteiger partial charge in [0.05, 0.1) is 12.7 Å². The topological polar surface area (TPSA) is 62.6 Å². The van der Waals surface area contributed by atoms with Crippen molar-refractivity contribution in [1.29, 1.82) is 0 Å². The Bertz CT molecular complexity index is 690. The summed E-state index contributed by atoms with van der Waals surface area (Å²) in [5, 5.41) is 2.92. The van der Waals surface area contributed by atoms with Crippen molar-refractivity contribution >= 4 is 11.8 Å². The molecular weight excluding hydrogens is 311 g/mol. The van der Waals surface area contributed by atoms with Crippen molar-refractivity contribution in [3.63, 3.8) is 0 Å². The zero-order chi connectivity index (χ0) is 16.9. The lowest BCUT2D eigenvalue weighted by molar-refractivity contribution is -0.131. The molecule has 0 atom stereocenters. The lowest BCUT2D eigenvalue weighted by Crippen LogP contribution is -2.46. The van der Waals surface area contributed by atoms with Gasteiger partial charge in [-0.1, -0.05) is 12.1 Å². The Labute approximate surface area is 139 Å². The molecule has 3 rings (SSSR count). The minimum absolute atomic E-state index is 0.0254. The van der Waals surface area contributed by atoms with Gasteiger partial charge >= 0.3 is 0 Å². The van der Waals surface area contributed by atoms with Crippen LogP contribution in [0.3, 0.4) is 0 Å². The quantitative estimate of drug-likeness (QED) is 0.936. The number of likely N-dealkylation sites (tertiary alicyclic amines) is 1. The van der Waals surface area contributed by atoms with Crippen molar-refractivity contribution < 1.29 is 18.4 Å². The molecule has 1 saturated heterocycles. The number of hydrogen-bond acceptors (Lipinski definition) is 3. The summed E-state index contributed by atoms with van der Waals surface area (Å²) in [4.78, 5) is 26.0. The molecule has 1 aromatic carbocycles. The van der Waals surface area contributed by atoms with Crippen LogP contribution >= 0.6 is 0 Å². The van der Waals surface area contributed by atoms with E-state index in [-0.39, 0.29) is 30.1 Å². The van der Waals surface area contributed by atoms with Crippen molar-refractivity contribution in [2.75, 3.05) is 13.1 Å². The number of carbonyl (C=O) groups is 2. The van der Waals surface area contributed by atoms with E-state index >= 15 is 0 Å². The standard InChI is InChI=1S/C18H19FN2O3/c19-14-5-3-13(4-6-14)12-17(22)21-9-7-15(8-10-21)20-18(23)16-2-1-11-24-16/h1-6,11,15H,7-10,12H2,(H,20,23). The molecule has 2 amide bonds. The predicted octanol–water partition coefficient (Wildman–Crippen LogP) is 2.38. The summed E-state index contributed by atoms with van der Waals surface area (Å²) in [6, 6.07) is 9.31. The van der Waals surface area contributed by atoms with Crippen molar-refractivity contribution in [3.05, 3.63) is 59.8 Å². The third kappa shape index (κ3) is 4.01. The maximum absolute atomic E-state index is 12.9. The Balaban J connectivity index is 1.47. The maximum Gasteiger partial charge on any atom is 0.287 e. The molecule has 24 heavy (non-hydrogen) atoms. The van der Waals surface area contributed by atoms with Gasteiger partial charge in [0.1, 0.15) is 5.82 Å². The van der Waals surface area contributed by atoms with Crippen LogP contribution in [0.15, 0.2) is 47.1 Å². The van der Waals surface area contributed by atoms with Crippen LogP contribution in [0.4, 0.5) is 4.39 Å². The highest BCUT2D eigenvalue weighted by atomic mass is 19.1. The van der Waals surface area contributed by atoms with E-state index in [1.54, 1.807) is 29.2 Å². The van der Waals surface area contributed by atoms with Crippen molar-refractivity contribution in [3.8, 4) is 0 Å². The second-order valence-corrected chi connectivity index (χ2v) is 5.91. The van der Waals surface area contributed by atoms with Gasteiger partial charge in [-0.25, -0.2) is 4.39 Å². The van der Waals surface area contributed by atoms with E-state index in [1.165, 1.54) is 18.4 Å². The largest absolute Gasteiger partial charge is 0.459 e. The summed E-state index contributed by atoms with van der Waals surface area (Å²) in [6.45, 7) is 1.20. The molecule has 1 fully saturated rings. The third-order valence-corrected chi connectivity index (χ3v) is 4.20. The number of nitrogens with one attached hydrogen (secondary N) is 1. The van der Waals surface area contributed by atoms with Crippen LogP contribution in [0.1, 0.15) is 29.0 Å². The van der Waals surface area contributed by atoms with Crippen LogP contribution in [-0.2, 0) is 11.2 Å². The number of benzene rings is 1. The monoisotopic (exact) mass is 330 g/mol.